The maximum Gasteiger partial charge on any atom is 0.403 e. The van der Waals surface area contributed by atoms with Crippen LogP contribution in [0.15, 0.2) is 4.99 Å². The van der Waals surface area contributed by atoms with Gasteiger partial charge in [-0.25, -0.2) is 0 Å². The van der Waals surface area contributed by atoms with E-state index in [1.807, 2.05) is 4.90 Å². The molecule has 0 aromatic rings. The molecule has 0 bridgehead atoms. The second-order valence-electron chi connectivity index (χ2n) is 6.42. The number of guanidine groups is 1. The Balaban J connectivity index is 1.79. The van der Waals surface area contributed by atoms with Crippen LogP contribution in [0, 0.1) is 0 Å². The molecule has 2 saturated heterocycles. The standard InChI is InChI=1S/C15H28F3N5O/c1-12(15(16,17)18)22-4-6-23(7-5-22)14(19-2)20-10-13-11-21(3)8-9-24-13/h12-13H,4-11H2,1-3H3,(H,19,20). The minimum atomic E-state index is -4.17. The first-order chi connectivity index (χ1) is 11.3. The topological polar surface area (TPSA) is 43.3 Å². The number of morpholine rings is 1. The van der Waals surface area contributed by atoms with Gasteiger partial charge < -0.3 is 19.9 Å². The summed E-state index contributed by atoms with van der Waals surface area (Å²) in [5.41, 5.74) is 0. The molecule has 1 N–H and O–H groups in total. The van der Waals surface area contributed by atoms with Crippen LogP contribution < -0.4 is 5.32 Å². The summed E-state index contributed by atoms with van der Waals surface area (Å²) >= 11 is 0. The summed E-state index contributed by atoms with van der Waals surface area (Å²) < 4.78 is 44.1. The van der Waals surface area contributed by atoms with Crippen LogP contribution in [0.5, 0.6) is 0 Å². The number of halogens is 3. The van der Waals surface area contributed by atoms with Gasteiger partial charge in [-0.3, -0.25) is 9.89 Å². The zero-order chi connectivity index (χ0) is 17.7. The molecule has 0 aromatic heterocycles. The van der Waals surface area contributed by atoms with Crippen molar-refractivity contribution in [2.75, 3.05) is 66.5 Å². The Morgan fingerprint density at radius 1 is 1.25 bits per heavy atom. The Labute approximate surface area is 141 Å². The molecule has 0 aromatic carbocycles. The molecule has 2 rings (SSSR count). The Hall–Kier alpha value is -1.06. The van der Waals surface area contributed by atoms with Crippen molar-refractivity contribution in [2.24, 2.45) is 4.99 Å². The normalized spacial score (nSPS) is 26.5. The maximum absolute atomic E-state index is 12.8. The van der Waals surface area contributed by atoms with Crippen LogP contribution in [0.1, 0.15) is 6.92 Å². The highest BCUT2D eigenvalue weighted by Crippen LogP contribution is 2.25. The second kappa shape index (κ2) is 8.35. The molecule has 2 aliphatic heterocycles. The van der Waals surface area contributed by atoms with Crippen molar-refractivity contribution in [1.29, 1.82) is 0 Å². The Kier molecular flexibility index (Phi) is 6.70. The highest BCUT2D eigenvalue weighted by molar-refractivity contribution is 5.80. The second-order valence-corrected chi connectivity index (χ2v) is 6.42. The fourth-order valence-corrected chi connectivity index (χ4v) is 3.06. The van der Waals surface area contributed by atoms with E-state index in [0.29, 0.717) is 32.7 Å². The van der Waals surface area contributed by atoms with Crippen molar-refractivity contribution >= 4 is 5.96 Å². The van der Waals surface area contributed by atoms with Gasteiger partial charge in [-0.2, -0.15) is 13.2 Å². The highest BCUT2D eigenvalue weighted by Gasteiger charge is 2.41. The van der Waals surface area contributed by atoms with Crippen LogP contribution >= 0.6 is 0 Å². The van der Waals surface area contributed by atoms with E-state index in [9.17, 15) is 13.2 Å². The van der Waals surface area contributed by atoms with E-state index in [1.165, 1.54) is 11.8 Å². The number of nitrogens with one attached hydrogen (secondary N) is 1. The summed E-state index contributed by atoms with van der Waals surface area (Å²) in [5.74, 6) is 0.728. The number of alkyl halides is 3. The molecular formula is C15H28F3N5O. The number of hydrogen-bond acceptors (Lipinski definition) is 4. The van der Waals surface area contributed by atoms with E-state index in [4.69, 9.17) is 4.74 Å². The summed E-state index contributed by atoms with van der Waals surface area (Å²) in [6.45, 7) is 6.21. The molecule has 2 fully saturated rings. The molecule has 0 aliphatic carbocycles. The molecule has 0 amide bonds. The quantitative estimate of drug-likeness (QED) is 0.591. The third-order valence-corrected chi connectivity index (χ3v) is 4.68. The van der Waals surface area contributed by atoms with Gasteiger partial charge in [-0.05, 0) is 14.0 Å². The molecule has 6 nitrogen and oxygen atoms in total. The van der Waals surface area contributed by atoms with E-state index in [0.717, 1.165) is 25.7 Å². The van der Waals surface area contributed by atoms with Gasteiger partial charge in [-0.15, -0.1) is 0 Å². The van der Waals surface area contributed by atoms with Crippen LogP contribution in [0.3, 0.4) is 0 Å². The number of nitrogens with zero attached hydrogens (tertiary/aromatic N) is 4. The lowest BCUT2D eigenvalue weighted by Gasteiger charge is -2.40. The molecule has 2 unspecified atom stereocenters. The third kappa shape index (κ3) is 5.22. The first-order valence-corrected chi connectivity index (χ1v) is 8.37. The van der Waals surface area contributed by atoms with Gasteiger partial charge in [-0.1, -0.05) is 0 Å². The molecule has 0 spiro atoms. The number of likely N-dealkylation sites (N-methyl/N-ethyl adjacent to an activating group) is 1. The molecule has 140 valence electrons. The predicted molar refractivity (Wildman–Crippen MR) is 87.3 cm³/mol. The average Bonchev–Trinajstić information content (AvgIpc) is 2.54. The lowest BCUT2D eigenvalue weighted by atomic mass is 10.2. The summed E-state index contributed by atoms with van der Waals surface area (Å²) in [5, 5.41) is 3.29. The van der Waals surface area contributed by atoms with E-state index < -0.39 is 12.2 Å². The first-order valence-electron chi connectivity index (χ1n) is 8.37. The largest absolute Gasteiger partial charge is 0.403 e. The number of aliphatic imine (C=N–C) groups is 1. The number of rotatable bonds is 3. The van der Waals surface area contributed by atoms with Gasteiger partial charge in [0.25, 0.3) is 0 Å². The number of hydrogen-bond donors (Lipinski definition) is 1. The lowest BCUT2D eigenvalue weighted by molar-refractivity contribution is -0.181. The van der Waals surface area contributed by atoms with E-state index in [2.05, 4.69) is 22.3 Å². The number of piperazine rings is 1. The van der Waals surface area contributed by atoms with Crippen molar-refractivity contribution in [2.45, 2.75) is 25.2 Å². The fraction of sp³-hybridized carbons (Fsp3) is 0.933. The molecule has 24 heavy (non-hydrogen) atoms. The Morgan fingerprint density at radius 2 is 1.92 bits per heavy atom. The molecular weight excluding hydrogens is 323 g/mol. The summed E-state index contributed by atoms with van der Waals surface area (Å²) in [4.78, 5) is 9.95. The molecule has 2 heterocycles. The van der Waals surface area contributed by atoms with Gasteiger partial charge in [0.15, 0.2) is 5.96 Å². The Bertz CT molecular complexity index is 424. The summed E-state index contributed by atoms with van der Waals surface area (Å²) in [7, 11) is 3.76. The summed E-state index contributed by atoms with van der Waals surface area (Å²) in [6, 6.07) is -1.40. The van der Waals surface area contributed by atoms with Crippen LogP contribution in [-0.4, -0.2) is 105 Å². The third-order valence-electron chi connectivity index (χ3n) is 4.68. The minimum absolute atomic E-state index is 0.104. The lowest BCUT2D eigenvalue weighted by Crippen LogP contribution is -2.57. The van der Waals surface area contributed by atoms with E-state index in [1.54, 1.807) is 7.05 Å². The predicted octanol–water partition coefficient (Wildman–Crippen LogP) is 0.461. The van der Waals surface area contributed by atoms with E-state index >= 15 is 0 Å². The summed E-state index contributed by atoms with van der Waals surface area (Å²) in [6.07, 6.45) is -4.07. The minimum Gasteiger partial charge on any atom is -0.374 e. The average molecular weight is 351 g/mol. The zero-order valence-corrected chi connectivity index (χ0v) is 14.6. The van der Waals surface area contributed by atoms with Gasteiger partial charge in [0.1, 0.15) is 6.04 Å². The molecule has 2 atom stereocenters. The number of ether oxygens (including phenoxy) is 1. The van der Waals surface area contributed by atoms with Gasteiger partial charge in [0.2, 0.25) is 0 Å². The van der Waals surface area contributed by atoms with Crippen LogP contribution in [-0.2, 0) is 4.74 Å². The maximum atomic E-state index is 12.8. The molecule has 0 radical (unpaired) electrons. The van der Waals surface area contributed by atoms with Crippen molar-refractivity contribution in [3.63, 3.8) is 0 Å². The fourth-order valence-electron chi connectivity index (χ4n) is 3.06. The SMILES string of the molecule is CN=C(NCC1CN(C)CCO1)N1CCN(C(C)C(F)(F)F)CC1. The Morgan fingerprint density at radius 3 is 2.46 bits per heavy atom. The van der Waals surface area contributed by atoms with Crippen molar-refractivity contribution in [3.8, 4) is 0 Å². The first kappa shape index (κ1) is 19.3. The van der Waals surface area contributed by atoms with Crippen molar-refractivity contribution in [1.82, 2.24) is 20.0 Å². The molecule has 0 saturated carbocycles. The van der Waals surface area contributed by atoms with Crippen LogP contribution in [0.4, 0.5) is 13.2 Å². The monoisotopic (exact) mass is 351 g/mol. The van der Waals surface area contributed by atoms with E-state index in [-0.39, 0.29) is 6.10 Å². The van der Waals surface area contributed by atoms with Gasteiger partial charge >= 0.3 is 6.18 Å². The highest BCUT2D eigenvalue weighted by atomic mass is 19.4. The van der Waals surface area contributed by atoms with Crippen LogP contribution in [0.25, 0.3) is 0 Å². The van der Waals surface area contributed by atoms with Gasteiger partial charge in [0.05, 0.1) is 12.7 Å². The van der Waals surface area contributed by atoms with Crippen molar-refractivity contribution in [3.05, 3.63) is 0 Å². The molecule has 9 heteroatoms. The smallest absolute Gasteiger partial charge is 0.374 e. The zero-order valence-electron chi connectivity index (χ0n) is 14.6. The van der Waals surface area contributed by atoms with Crippen LogP contribution in [0.2, 0.25) is 0 Å². The van der Waals surface area contributed by atoms with Gasteiger partial charge in [0, 0.05) is 52.9 Å². The molecule has 2 aliphatic rings. The van der Waals surface area contributed by atoms with Crippen molar-refractivity contribution < 1.29 is 17.9 Å².